The fraction of sp³-hybridized carbons (Fsp3) is 0.381. The van der Waals surface area contributed by atoms with Crippen LogP contribution in [-0.4, -0.2) is 39.2 Å². The standard InChI is InChI=1S/C21H21ClN4O/c1-26-16-8-9-18(26)19(17(11-16)13-4-6-15(22)7-5-13)21-24-20(25-27-21)14-3-2-10-23-12-14/h2-7,10,12,16-19H,8-9,11H2,1H3/t16-,17+,18+,19-/m1/s1. The van der Waals surface area contributed by atoms with Crippen molar-refractivity contribution >= 4 is 11.6 Å². The summed E-state index contributed by atoms with van der Waals surface area (Å²) in [5, 5.41) is 5.01. The molecule has 5 rings (SSSR count). The Morgan fingerprint density at radius 3 is 2.78 bits per heavy atom. The van der Waals surface area contributed by atoms with Gasteiger partial charge >= 0.3 is 0 Å². The molecule has 1 aromatic carbocycles. The molecule has 0 unspecified atom stereocenters. The molecule has 0 amide bonds. The van der Waals surface area contributed by atoms with Crippen molar-refractivity contribution in [2.45, 2.75) is 43.2 Å². The van der Waals surface area contributed by atoms with Crippen LogP contribution >= 0.6 is 11.6 Å². The van der Waals surface area contributed by atoms with Crippen LogP contribution in [-0.2, 0) is 0 Å². The highest BCUT2D eigenvalue weighted by Crippen LogP contribution is 2.50. The molecule has 0 saturated carbocycles. The first kappa shape index (κ1) is 16.9. The minimum absolute atomic E-state index is 0.188. The summed E-state index contributed by atoms with van der Waals surface area (Å²) in [5.41, 5.74) is 2.18. The van der Waals surface area contributed by atoms with Crippen LogP contribution in [0.2, 0.25) is 5.02 Å². The summed E-state index contributed by atoms with van der Waals surface area (Å²) in [6.45, 7) is 0. The van der Waals surface area contributed by atoms with E-state index in [1.165, 1.54) is 18.4 Å². The van der Waals surface area contributed by atoms with Crippen molar-refractivity contribution in [3.63, 3.8) is 0 Å². The number of benzene rings is 1. The van der Waals surface area contributed by atoms with E-state index in [2.05, 4.69) is 34.2 Å². The third-order valence-corrected chi connectivity index (χ3v) is 6.47. The summed E-state index contributed by atoms with van der Waals surface area (Å²) in [6, 6.07) is 13.1. The lowest BCUT2D eigenvalue weighted by Crippen LogP contribution is -2.44. The van der Waals surface area contributed by atoms with E-state index in [-0.39, 0.29) is 5.92 Å². The molecule has 2 fully saturated rings. The van der Waals surface area contributed by atoms with Gasteiger partial charge in [0.25, 0.3) is 0 Å². The zero-order chi connectivity index (χ0) is 18.4. The highest BCUT2D eigenvalue weighted by Gasteiger charge is 2.48. The van der Waals surface area contributed by atoms with Gasteiger partial charge in [0.15, 0.2) is 0 Å². The van der Waals surface area contributed by atoms with Crippen LogP contribution in [0, 0.1) is 0 Å². The molecule has 138 valence electrons. The van der Waals surface area contributed by atoms with Gasteiger partial charge in [-0.3, -0.25) is 9.88 Å². The van der Waals surface area contributed by atoms with Crippen molar-refractivity contribution in [2.75, 3.05) is 7.05 Å². The Kier molecular flexibility index (Phi) is 4.21. The molecular weight excluding hydrogens is 360 g/mol. The molecule has 4 heterocycles. The average molecular weight is 381 g/mol. The van der Waals surface area contributed by atoms with Crippen molar-refractivity contribution in [1.29, 1.82) is 0 Å². The third kappa shape index (κ3) is 2.95. The zero-order valence-electron chi connectivity index (χ0n) is 15.1. The molecular formula is C21H21ClN4O. The first-order valence-electron chi connectivity index (χ1n) is 9.42. The van der Waals surface area contributed by atoms with Crippen LogP contribution in [0.1, 0.15) is 42.6 Å². The smallest absolute Gasteiger partial charge is 0.232 e. The molecule has 2 aliphatic heterocycles. The number of fused-ring (bicyclic) bond motifs is 2. The minimum Gasteiger partial charge on any atom is -0.339 e. The number of hydrogen-bond acceptors (Lipinski definition) is 5. The number of halogens is 1. The monoisotopic (exact) mass is 380 g/mol. The fourth-order valence-electron chi connectivity index (χ4n) is 4.84. The molecule has 5 nitrogen and oxygen atoms in total. The van der Waals surface area contributed by atoms with Gasteiger partial charge in [-0.25, -0.2) is 0 Å². The Labute approximate surface area is 163 Å². The summed E-state index contributed by atoms with van der Waals surface area (Å²) >= 11 is 6.11. The molecule has 2 aliphatic rings. The molecule has 3 aromatic rings. The number of nitrogens with zero attached hydrogens (tertiary/aromatic N) is 4. The van der Waals surface area contributed by atoms with Crippen LogP contribution in [0.3, 0.4) is 0 Å². The largest absolute Gasteiger partial charge is 0.339 e. The Balaban J connectivity index is 1.54. The van der Waals surface area contributed by atoms with Crippen molar-refractivity contribution in [3.8, 4) is 11.4 Å². The second-order valence-electron chi connectivity index (χ2n) is 7.58. The summed E-state index contributed by atoms with van der Waals surface area (Å²) in [5.74, 6) is 1.88. The van der Waals surface area contributed by atoms with Crippen molar-refractivity contribution in [2.24, 2.45) is 0 Å². The van der Waals surface area contributed by atoms with E-state index in [0.29, 0.717) is 23.8 Å². The van der Waals surface area contributed by atoms with E-state index in [4.69, 9.17) is 21.1 Å². The number of rotatable bonds is 3. The summed E-state index contributed by atoms with van der Waals surface area (Å²) in [4.78, 5) is 11.4. The normalized spacial score (nSPS) is 27.8. The highest BCUT2D eigenvalue weighted by atomic mass is 35.5. The Morgan fingerprint density at radius 2 is 2.00 bits per heavy atom. The van der Waals surface area contributed by atoms with Gasteiger partial charge in [0.05, 0.1) is 5.92 Å². The van der Waals surface area contributed by atoms with E-state index in [1.807, 2.05) is 24.3 Å². The Bertz CT molecular complexity index is 927. The molecule has 2 aromatic heterocycles. The van der Waals surface area contributed by atoms with Crippen molar-refractivity contribution < 1.29 is 4.52 Å². The quantitative estimate of drug-likeness (QED) is 0.668. The lowest BCUT2D eigenvalue weighted by molar-refractivity contribution is 0.120. The number of aromatic nitrogens is 3. The summed E-state index contributed by atoms with van der Waals surface area (Å²) in [7, 11) is 2.23. The van der Waals surface area contributed by atoms with Gasteiger partial charge < -0.3 is 4.52 Å². The zero-order valence-corrected chi connectivity index (χ0v) is 15.9. The van der Waals surface area contributed by atoms with E-state index in [1.54, 1.807) is 12.4 Å². The minimum atomic E-state index is 0.188. The maximum atomic E-state index is 6.11. The highest BCUT2D eigenvalue weighted by molar-refractivity contribution is 6.30. The number of likely N-dealkylation sites (N-methyl/N-ethyl adjacent to an activating group) is 1. The molecule has 4 atom stereocenters. The lowest BCUT2D eigenvalue weighted by atomic mass is 9.76. The molecule has 0 radical (unpaired) electrons. The summed E-state index contributed by atoms with van der Waals surface area (Å²) in [6.07, 6.45) is 7.01. The predicted octanol–water partition coefficient (Wildman–Crippen LogP) is 4.52. The lowest BCUT2D eigenvalue weighted by Gasteiger charge is -2.41. The number of hydrogen-bond donors (Lipinski definition) is 0. The van der Waals surface area contributed by atoms with Gasteiger partial charge in [0.2, 0.25) is 11.7 Å². The van der Waals surface area contributed by atoms with Gasteiger partial charge in [-0.05, 0) is 62.1 Å². The summed E-state index contributed by atoms with van der Waals surface area (Å²) < 4.78 is 5.79. The van der Waals surface area contributed by atoms with E-state index >= 15 is 0 Å². The van der Waals surface area contributed by atoms with Crippen LogP contribution in [0.4, 0.5) is 0 Å². The second-order valence-corrected chi connectivity index (χ2v) is 8.02. The van der Waals surface area contributed by atoms with Gasteiger partial charge in [-0.15, -0.1) is 0 Å². The van der Waals surface area contributed by atoms with Crippen LogP contribution in [0.15, 0.2) is 53.3 Å². The topological polar surface area (TPSA) is 55.1 Å². The van der Waals surface area contributed by atoms with Gasteiger partial charge in [-0.1, -0.05) is 28.9 Å². The average Bonchev–Trinajstić information content (AvgIpc) is 3.26. The SMILES string of the molecule is CN1[C@@H]2CC[C@H]1[C@H](c1nc(-c3cccnc3)no1)[C@H](c1ccc(Cl)cc1)C2. The number of piperidine rings is 1. The molecule has 6 heteroatoms. The fourth-order valence-corrected chi connectivity index (χ4v) is 4.97. The third-order valence-electron chi connectivity index (χ3n) is 6.21. The van der Waals surface area contributed by atoms with Crippen molar-refractivity contribution in [3.05, 3.63) is 65.3 Å². The van der Waals surface area contributed by atoms with Crippen LogP contribution < -0.4 is 0 Å². The maximum Gasteiger partial charge on any atom is 0.232 e. The molecule has 0 spiro atoms. The Hall–Kier alpha value is -2.24. The predicted molar refractivity (Wildman–Crippen MR) is 104 cm³/mol. The van der Waals surface area contributed by atoms with Crippen LogP contribution in [0.25, 0.3) is 11.4 Å². The second kappa shape index (κ2) is 6.73. The molecule has 2 saturated heterocycles. The van der Waals surface area contributed by atoms with E-state index in [0.717, 1.165) is 22.9 Å². The maximum absolute atomic E-state index is 6.11. The van der Waals surface area contributed by atoms with Crippen LogP contribution in [0.5, 0.6) is 0 Å². The van der Waals surface area contributed by atoms with Gasteiger partial charge in [0, 0.05) is 35.1 Å². The first-order valence-corrected chi connectivity index (χ1v) is 9.80. The Morgan fingerprint density at radius 1 is 1.15 bits per heavy atom. The molecule has 0 aliphatic carbocycles. The molecule has 2 bridgehead atoms. The van der Waals surface area contributed by atoms with Crippen molar-refractivity contribution in [1.82, 2.24) is 20.0 Å². The molecule has 27 heavy (non-hydrogen) atoms. The molecule has 0 N–H and O–H groups in total. The van der Waals surface area contributed by atoms with E-state index < -0.39 is 0 Å². The van der Waals surface area contributed by atoms with Gasteiger partial charge in [0.1, 0.15) is 0 Å². The van der Waals surface area contributed by atoms with Gasteiger partial charge in [-0.2, -0.15) is 4.98 Å². The van der Waals surface area contributed by atoms with E-state index in [9.17, 15) is 0 Å². The number of pyridine rings is 1. The first-order chi connectivity index (χ1) is 13.2.